The van der Waals surface area contributed by atoms with Crippen LogP contribution in [0.1, 0.15) is 29.7 Å². The summed E-state index contributed by atoms with van der Waals surface area (Å²) in [7, 11) is 2.01. The van der Waals surface area contributed by atoms with Crippen molar-refractivity contribution in [1.29, 1.82) is 0 Å². The first-order valence-corrected chi connectivity index (χ1v) is 7.22. The fraction of sp³-hybridized carbons (Fsp3) is 0.353. The van der Waals surface area contributed by atoms with E-state index < -0.39 is 0 Å². The fourth-order valence-corrected chi connectivity index (χ4v) is 2.80. The van der Waals surface area contributed by atoms with Crippen LogP contribution in [-0.2, 0) is 13.0 Å². The number of anilines is 1. The molecule has 0 amide bonds. The second kappa shape index (κ2) is 5.63. The van der Waals surface area contributed by atoms with Crippen molar-refractivity contribution in [2.24, 2.45) is 0 Å². The molecule has 1 unspecified atom stereocenters. The number of nitrogens with zero attached hydrogens (tertiary/aromatic N) is 2. The summed E-state index contributed by atoms with van der Waals surface area (Å²) in [5.74, 6) is 0. The van der Waals surface area contributed by atoms with Gasteiger partial charge < -0.3 is 10.2 Å². The van der Waals surface area contributed by atoms with E-state index in [1.54, 1.807) is 0 Å². The molecular formula is C17H21N3. The van der Waals surface area contributed by atoms with E-state index in [4.69, 9.17) is 0 Å². The predicted molar refractivity (Wildman–Crippen MR) is 82.9 cm³/mol. The largest absolute Gasteiger partial charge is 0.367 e. The summed E-state index contributed by atoms with van der Waals surface area (Å²) in [6.45, 7) is 4.27. The molecule has 3 nitrogen and oxygen atoms in total. The first-order chi connectivity index (χ1) is 9.78. The van der Waals surface area contributed by atoms with Crippen LogP contribution < -0.4 is 10.2 Å². The SMILES string of the molecule is CNC(C)c1ccc2c(c1)CCN2Cc1ccncc1. The Labute approximate surface area is 120 Å². The highest BCUT2D eigenvalue weighted by molar-refractivity contribution is 5.59. The number of aromatic nitrogens is 1. The van der Waals surface area contributed by atoms with Gasteiger partial charge in [-0.15, -0.1) is 0 Å². The summed E-state index contributed by atoms with van der Waals surface area (Å²) in [5.41, 5.74) is 5.55. The van der Waals surface area contributed by atoms with Gasteiger partial charge in [0, 0.05) is 37.2 Å². The van der Waals surface area contributed by atoms with Gasteiger partial charge in [0.15, 0.2) is 0 Å². The highest BCUT2D eigenvalue weighted by Crippen LogP contribution is 2.31. The molecule has 1 N–H and O–H groups in total. The summed E-state index contributed by atoms with van der Waals surface area (Å²) < 4.78 is 0. The molecule has 104 valence electrons. The molecule has 0 saturated heterocycles. The minimum absolute atomic E-state index is 0.412. The highest BCUT2D eigenvalue weighted by atomic mass is 15.1. The topological polar surface area (TPSA) is 28.2 Å². The standard InChI is InChI=1S/C17H21N3/c1-13(18-2)15-3-4-17-16(11-15)7-10-20(17)12-14-5-8-19-9-6-14/h3-6,8-9,11,13,18H,7,10,12H2,1-2H3. The number of hydrogen-bond acceptors (Lipinski definition) is 3. The predicted octanol–water partition coefficient (Wildman–Crippen LogP) is 2.92. The maximum absolute atomic E-state index is 4.08. The zero-order valence-electron chi connectivity index (χ0n) is 12.1. The van der Waals surface area contributed by atoms with Crippen molar-refractivity contribution in [3.8, 4) is 0 Å². The minimum atomic E-state index is 0.412. The van der Waals surface area contributed by atoms with Crippen LogP contribution in [0.4, 0.5) is 5.69 Å². The molecule has 0 bridgehead atoms. The molecule has 1 aromatic heterocycles. The zero-order chi connectivity index (χ0) is 13.9. The van der Waals surface area contributed by atoms with Crippen LogP contribution in [0.25, 0.3) is 0 Å². The van der Waals surface area contributed by atoms with Gasteiger partial charge in [-0.25, -0.2) is 0 Å². The van der Waals surface area contributed by atoms with Gasteiger partial charge in [-0.05, 0) is 55.3 Å². The van der Waals surface area contributed by atoms with Crippen LogP contribution >= 0.6 is 0 Å². The van der Waals surface area contributed by atoms with Crippen molar-refractivity contribution in [2.45, 2.75) is 25.9 Å². The Hall–Kier alpha value is -1.87. The van der Waals surface area contributed by atoms with Gasteiger partial charge in [-0.2, -0.15) is 0 Å². The van der Waals surface area contributed by atoms with E-state index in [0.717, 1.165) is 19.5 Å². The lowest BCUT2D eigenvalue weighted by Crippen LogP contribution is -2.19. The molecular weight excluding hydrogens is 246 g/mol. The quantitative estimate of drug-likeness (QED) is 0.923. The molecule has 2 heterocycles. The third-order valence-electron chi connectivity index (χ3n) is 4.15. The molecule has 2 aromatic rings. The summed E-state index contributed by atoms with van der Waals surface area (Å²) in [5, 5.41) is 3.30. The van der Waals surface area contributed by atoms with Gasteiger partial charge in [0.05, 0.1) is 0 Å². The van der Waals surface area contributed by atoms with Crippen molar-refractivity contribution < 1.29 is 0 Å². The number of pyridine rings is 1. The molecule has 0 saturated carbocycles. The normalized spacial score (nSPS) is 15.2. The molecule has 3 rings (SSSR count). The molecule has 0 radical (unpaired) electrons. The monoisotopic (exact) mass is 267 g/mol. The molecule has 0 fully saturated rings. The van der Waals surface area contributed by atoms with Crippen LogP contribution in [-0.4, -0.2) is 18.6 Å². The second-order valence-corrected chi connectivity index (χ2v) is 5.43. The van der Waals surface area contributed by atoms with E-state index in [2.05, 4.69) is 52.5 Å². The zero-order valence-corrected chi connectivity index (χ0v) is 12.1. The Bertz CT molecular complexity index is 580. The third kappa shape index (κ3) is 2.54. The Morgan fingerprint density at radius 3 is 2.80 bits per heavy atom. The van der Waals surface area contributed by atoms with E-state index in [1.165, 1.54) is 22.4 Å². The fourth-order valence-electron chi connectivity index (χ4n) is 2.80. The minimum Gasteiger partial charge on any atom is -0.367 e. The summed E-state index contributed by atoms with van der Waals surface area (Å²) in [6.07, 6.45) is 4.87. The van der Waals surface area contributed by atoms with E-state index in [0.29, 0.717) is 6.04 Å². The van der Waals surface area contributed by atoms with Gasteiger partial charge in [-0.3, -0.25) is 4.98 Å². The van der Waals surface area contributed by atoms with E-state index in [1.807, 2.05) is 19.4 Å². The Kier molecular flexibility index (Phi) is 3.70. The van der Waals surface area contributed by atoms with Crippen molar-refractivity contribution in [1.82, 2.24) is 10.3 Å². The van der Waals surface area contributed by atoms with Gasteiger partial charge in [0.1, 0.15) is 0 Å². The van der Waals surface area contributed by atoms with Crippen LogP contribution in [0, 0.1) is 0 Å². The van der Waals surface area contributed by atoms with E-state index in [9.17, 15) is 0 Å². The summed E-state index contributed by atoms with van der Waals surface area (Å²) in [4.78, 5) is 6.54. The smallest absolute Gasteiger partial charge is 0.0430 e. The van der Waals surface area contributed by atoms with Gasteiger partial charge in [-0.1, -0.05) is 12.1 Å². The molecule has 1 atom stereocenters. The maximum Gasteiger partial charge on any atom is 0.0430 e. The molecule has 0 aliphatic carbocycles. The molecule has 1 aliphatic rings. The van der Waals surface area contributed by atoms with Crippen LogP contribution in [0.2, 0.25) is 0 Å². The maximum atomic E-state index is 4.08. The first kappa shape index (κ1) is 13.1. The Morgan fingerprint density at radius 1 is 1.25 bits per heavy atom. The van der Waals surface area contributed by atoms with Crippen LogP contribution in [0.3, 0.4) is 0 Å². The van der Waals surface area contributed by atoms with E-state index in [-0.39, 0.29) is 0 Å². The second-order valence-electron chi connectivity index (χ2n) is 5.43. The Balaban J connectivity index is 1.80. The number of hydrogen-bond donors (Lipinski definition) is 1. The third-order valence-corrected chi connectivity index (χ3v) is 4.15. The summed E-state index contributed by atoms with van der Waals surface area (Å²) >= 11 is 0. The lowest BCUT2D eigenvalue weighted by atomic mass is 10.0. The summed E-state index contributed by atoms with van der Waals surface area (Å²) in [6, 6.07) is 11.5. The van der Waals surface area contributed by atoms with Crippen LogP contribution in [0.5, 0.6) is 0 Å². The first-order valence-electron chi connectivity index (χ1n) is 7.22. The average Bonchev–Trinajstić information content (AvgIpc) is 2.90. The lowest BCUT2D eigenvalue weighted by molar-refractivity contribution is 0.652. The van der Waals surface area contributed by atoms with Crippen molar-refractivity contribution in [3.05, 3.63) is 59.4 Å². The lowest BCUT2D eigenvalue weighted by Gasteiger charge is -2.20. The molecule has 20 heavy (non-hydrogen) atoms. The Morgan fingerprint density at radius 2 is 2.05 bits per heavy atom. The average molecular weight is 267 g/mol. The van der Waals surface area contributed by atoms with Crippen molar-refractivity contribution >= 4 is 5.69 Å². The number of rotatable bonds is 4. The van der Waals surface area contributed by atoms with E-state index >= 15 is 0 Å². The van der Waals surface area contributed by atoms with Crippen molar-refractivity contribution in [3.63, 3.8) is 0 Å². The van der Waals surface area contributed by atoms with Crippen LogP contribution in [0.15, 0.2) is 42.7 Å². The molecule has 1 aliphatic heterocycles. The van der Waals surface area contributed by atoms with Gasteiger partial charge >= 0.3 is 0 Å². The number of nitrogens with one attached hydrogen (secondary N) is 1. The number of fused-ring (bicyclic) bond motifs is 1. The van der Waals surface area contributed by atoms with Gasteiger partial charge in [0.2, 0.25) is 0 Å². The number of benzene rings is 1. The van der Waals surface area contributed by atoms with Gasteiger partial charge in [0.25, 0.3) is 0 Å². The molecule has 3 heteroatoms. The van der Waals surface area contributed by atoms with Crippen molar-refractivity contribution in [2.75, 3.05) is 18.5 Å². The highest BCUT2D eigenvalue weighted by Gasteiger charge is 2.20. The molecule has 1 aromatic carbocycles. The molecule has 0 spiro atoms.